The highest BCUT2D eigenvalue weighted by Crippen LogP contribution is 2.15. The number of aromatic nitrogens is 1. The smallest absolute Gasteiger partial charge is 0.303 e. The van der Waals surface area contributed by atoms with Gasteiger partial charge in [0.2, 0.25) is 0 Å². The van der Waals surface area contributed by atoms with Gasteiger partial charge >= 0.3 is 5.97 Å². The molecule has 0 aliphatic carbocycles. The number of hydrogen-bond donors (Lipinski definition) is 2. The molecule has 0 bridgehead atoms. The van der Waals surface area contributed by atoms with Crippen LogP contribution in [-0.2, 0) is 4.79 Å². The standard InChI is InChI=1S/C12H16N2O4/c1-8(3-4-11(15)16)14-12(17)9-5-6-13-7-10(9)18-2/h5-8H,3-4H2,1-2H3,(H,14,17)(H,15,16). The van der Waals surface area contributed by atoms with E-state index in [0.29, 0.717) is 17.7 Å². The fourth-order valence-corrected chi connectivity index (χ4v) is 1.44. The topological polar surface area (TPSA) is 88.5 Å². The molecule has 1 rings (SSSR count). The lowest BCUT2D eigenvalue weighted by Gasteiger charge is -2.14. The van der Waals surface area contributed by atoms with Crippen LogP contribution < -0.4 is 10.1 Å². The SMILES string of the molecule is COc1cnccc1C(=O)NC(C)CCC(=O)O. The van der Waals surface area contributed by atoms with Gasteiger partial charge in [0.1, 0.15) is 5.75 Å². The number of rotatable bonds is 6. The van der Waals surface area contributed by atoms with Crippen LogP contribution in [0.5, 0.6) is 5.75 Å². The minimum atomic E-state index is -0.877. The molecule has 1 amide bonds. The third-order valence-corrected chi connectivity index (χ3v) is 2.42. The van der Waals surface area contributed by atoms with Crippen molar-refractivity contribution in [2.24, 2.45) is 0 Å². The van der Waals surface area contributed by atoms with Crippen LogP contribution >= 0.6 is 0 Å². The summed E-state index contributed by atoms with van der Waals surface area (Å²) >= 11 is 0. The summed E-state index contributed by atoms with van der Waals surface area (Å²) in [6.07, 6.45) is 3.36. The molecule has 0 spiro atoms. The van der Waals surface area contributed by atoms with Gasteiger partial charge in [0, 0.05) is 18.7 Å². The number of pyridine rings is 1. The van der Waals surface area contributed by atoms with E-state index >= 15 is 0 Å². The molecule has 0 saturated heterocycles. The molecule has 1 atom stereocenters. The Morgan fingerprint density at radius 2 is 2.28 bits per heavy atom. The van der Waals surface area contributed by atoms with E-state index in [-0.39, 0.29) is 18.4 Å². The number of carboxylic acid groups (broad SMARTS) is 1. The summed E-state index contributed by atoms with van der Waals surface area (Å²) in [4.78, 5) is 26.2. The fourth-order valence-electron chi connectivity index (χ4n) is 1.44. The number of nitrogens with zero attached hydrogens (tertiary/aromatic N) is 1. The van der Waals surface area contributed by atoms with Gasteiger partial charge in [-0.1, -0.05) is 0 Å². The number of nitrogens with one attached hydrogen (secondary N) is 1. The van der Waals surface area contributed by atoms with Crippen LogP contribution in [0, 0.1) is 0 Å². The second-order valence-corrected chi connectivity index (χ2v) is 3.88. The van der Waals surface area contributed by atoms with Crippen LogP contribution in [0.2, 0.25) is 0 Å². The van der Waals surface area contributed by atoms with Crippen molar-refractivity contribution in [1.82, 2.24) is 10.3 Å². The third-order valence-electron chi connectivity index (χ3n) is 2.42. The van der Waals surface area contributed by atoms with E-state index in [4.69, 9.17) is 9.84 Å². The Morgan fingerprint density at radius 3 is 2.89 bits per heavy atom. The number of carbonyl (C=O) groups is 2. The molecule has 0 aliphatic heterocycles. The molecule has 6 nitrogen and oxygen atoms in total. The van der Waals surface area contributed by atoms with Crippen molar-refractivity contribution in [3.63, 3.8) is 0 Å². The van der Waals surface area contributed by atoms with E-state index in [1.807, 2.05) is 0 Å². The summed E-state index contributed by atoms with van der Waals surface area (Å²) < 4.78 is 5.03. The van der Waals surface area contributed by atoms with Gasteiger partial charge in [-0.25, -0.2) is 0 Å². The summed E-state index contributed by atoms with van der Waals surface area (Å²) in [5.74, 6) is -0.787. The average Bonchev–Trinajstić information content (AvgIpc) is 2.36. The summed E-state index contributed by atoms with van der Waals surface area (Å²) in [6, 6.07) is 1.34. The molecular formula is C12H16N2O4. The molecule has 1 aromatic rings. The fraction of sp³-hybridized carbons (Fsp3) is 0.417. The Morgan fingerprint density at radius 1 is 1.56 bits per heavy atom. The van der Waals surface area contributed by atoms with Gasteiger partial charge in [-0.3, -0.25) is 14.6 Å². The van der Waals surface area contributed by atoms with Crippen molar-refractivity contribution in [3.05, 3.63) is 24.0 Å². The van der Waals surface area contributed by atoms with Crippen LogP contribution in [-0.4, -0.2) is 35.1 Å². The number of aliphatic carboxylic acids is 1. The maximum absolute atomic E-state index is 11.9. The van der Waals surface area contributed by atoms with Gasteiger partial charge in [-0.05, 0) is 19.4 Å². The van der Waals surface area contributed by atoms with Gasteiger partial charge in [-0.2, -0.15) is 0 Å². The van der Waals surface area contributed by atoms with Crippen molar-refractivity contribution >= 4 is 11.9 Å². The molecule has 1 unspecified atom stereocenters. The predicted molar refractivity (Wildman–Crippen MR) is 64.6 cm³/mol. The highest BCUT2D eigenvalue weighted by atomic mass is 16.5. The average molecular weight is 252 g/mol. The van der Waals surface area contributed by atoms with Crippen LogP contribution in [0.25, 0.3) is 0 Å². The Labute approximate surface area is 105 Å². The van der Waals surface area contributed by atoms with E-state index in [0.717, 1.165) is 0 Å². The maximum Gasteiger partial charge on any atom is 0.303 e. The van der Waals surface area contributed by atoms with Crippen molar-refractivity contribution in [1.29, 1.82) is 0 Å². The van der Waals surface area contributed by atoms with Gasteiger partial charge in [0.15, 0.2) is 0 Å². The first-order chi connectivity index (χ1) is 8.54. The molecule has 0 aliphatic rings. The molecular weight excluding hydrogens is 236 g/mol. The minimum Gasteiger partial charge on any atom is -0.494 e. The van der Waals surface area contributed by atoms with Gasteiger partial charge in [0.05, 0.1) is 18.9 Å². The van der Waals surface area contributed by atoms with Crippen molar-refractivity contribution in [2.45, 2.75) is 25.8 Å². The zero-order valence-electron chi connectivity index (χ0n) is 10.3. The molecule has 0 fully saturated rings. The minimum absolute atomic E-state index is 0.0227. The number of hydrogen-bond acceptors (Lipinski definition) is 4. The predicted octanol–water partition coefficient (Wildman–Crippen LogP) is 1.07. The molecule has 6 heteroatoms. The molecule has 98 valence electrons. The second-order valence-electron chi connectivity index (χ2n) is 3.88. The van der Waals surface area contributed by atoms with E-state index in [9.17, 15) is 9.59 Å². The zero-order valence-corrected chi connectivity index (χ0v) is 10.3. The number of carboxylic acids is 1. The van der Waals surface area contributed by atoms with Crippen LogP contribution in [0.3, 0.4) is 0 Å². The first-order valence-electron chi connectivity index (χ1n) is 5.55. The van der Waals surface area contributed by atoms with E-state index in [2.05, 4.69) is 10.3 Å². The quantitative estimate of drug-likeness (QED) is 0.790. The lowest BCUT2D eigenvalue weighted by atomic mass is 10.1. The number of ether oxygens (including phenoxy) is 1. The van der Waals surface area contributed by atoms with Crippen LogP contribution in [0.4, 0.5) is 0 Å². The monoisotopic (exact) mass is 252 g/mol. The molecule has 18 heavy (non-hydrogen) atoms. The second kappa shape index (κ2) is 6.58. The Balaban J connectivity index is 2.62. The van der Waals surface area contributed by atoms with Crippen LogP contribution in [0.15, 0.2) is 18.5 Å². The van der Waals surface area contributed by atoms with E-state index in [1.54, 1.807) is 13.0 Å². The van der Waals surface area contributed by atoms with Crippen molar-refractivity contribution < 1.29 is 19.4 Å². The molecule has 0 saturated carbocycles. The Hall–Kier alpha value is -2.11. The first-order valence-corrected chi connectivity index (χ1v) is 5.55. The highest BCUT2D eigenvalue weighted by molar-refractivity contribution is 5.96. The Kier molecular flexibility index (Phi) is 5.10. The Bertz CT molecular complexity index is 434. The van der Waals surface area contributed by atoms with Gasteiger partial charge in [-0.15, -0.1) is 0 Å². The van der Waals surface area contributed by atoms with Crippen LogP contribution in [0.1, 0.15) is 30.1 Å². The molecule has 0 radical (unpaired) electrons. The largest absolute Gasteiger partial charge is 0.494 e. The first kappa shape index (κ1) is 14.0. The third kappa shape index (κ3) is 4.04. The molecule has 2 N–H and O–H groups in total. The van der Waals surface area contributed by atoms with E-state index in [1.165, 1.54) is 19.5 Å². The molecule has 1 aromatic heterocycles. The summed E-state index contributed by atoms with van der Waals surface area (Å²) in [6.45, 7) is 1.76. The van der Waals surface area contributed by atoms with E-state index < -0.39 is 5.97 Å². The van der Waals surface area contributed by atoms with Gasteiger partial charge < -0.3 is 15.2 Å². The number of carbonyl (C=O) groups excluding carboxylic acids is 1. The van der Waals surface area contributed by atoms with Crippen molar-refractivity contribution in [3.8, 4) is 5.75 Å². The normalized spacial score (nSPS) is 11.7. The van der Waals surface area contributed by atoms with Gasteiger partial charge in [0.25, 0.3) is 5.91 Å². The number of methoxy groups -OCH3 is 1. The lowest BCUT2D eigenvalue weighted by Crippen LogP contribution is -2.33. The summed E-state index contributed by atoms with van der Waals surface area (Å²) in [5.41, 5.74) is 0.384. The highest BCUT2D eigenvalue weighted by Gasteiger charge is 2.14. The van der Waals surface area contributed by atoms with Crippen molar-refractivity contribution in [2.75, 3.05) is 7.11 Å². The molecule has 0 aromatic carbocycles. The lowest BCUT2D eigenvalue weighted by molar-refractivity contribution is -0.137. The zero-order chi connectivity index (χ0) is 13.5. The number of amides is 1. The summed E-state index contributed by atoms with van der Waals surface area (Å²) in [5, 5.41) is 11.3. The summed E-state index contributed by atoms with van der Waals surface area (Å²) in [7, 11) is 1.46. The maximum atomic E-state index is 11.9. The molecule has 1 heterocycles.